The number of rotatable bonds is 5. The van der Waals surface area contributed by atoms with Crippen molar-refractivity contribution in [3.05, 3.63) is 34.1 Å². The lowest BCUT2D eigenvalue weighted by Crippen LogP contribution is -2.21. The van der Waals surface area contributed by atoms with Crippen LogP contribution in [0.2, 0.25) is 0 Å². The Morgan fingerprint density at radius 2 is 2.19 bits per heavy atom. The molecule has 1 aromatic rings. The zero-order chi connectivity index (χ0) is 12.1. The monoisotopic (exact) mass is 307 g/mol. The number of hydrogen-bond donors (Lipinski definition) is 0. The van der Waals surface area contributed by atoms with Gasteiger partial charge in [0.05, 0.1) is 4.47 Å². The molecular weight excluding hydrogens is 292 g/mol. The average Bonchev–Trinajstić information content (AvgIpc) is 2.22. The van der Waals surface area contributed by atoms with E-state index in [1.54, 1.807) is 6.07 Å². The largest absolute Gasteiger partial charge is 0.302 e. The van der Waals surface area contributed by atoms with E-state index in [1.165, 1.54) is 6.07 Å². The van der Waals surface area contributed by atoms with Crippen LogP contribution >= 0.6 is 27.5 Å². The molecule has 16 heavy (non-hydrogen) atoms. The minimum Gasteiger partial charge on any atom is -0.302 e. The lowest BCUT2D eigenvalue weighted by Gasteiger charge is -2.18. The second-order valence-corrected chi connectivity index (χ2v) is 5.56. The highest BCUT2D eigenvalue weighted by Crippen LogP contribution is 2.21. The van der Waals surface area contributed by atoms with E-state index in [1.807, 2.05) is 20.0 Å². The predicted molar refractivity (Wildman–Crippen MR) is 70.4 cm³/mol. The molecule has 1 nitrogen and oxygen atoms in total. The first-order valence-electron chi connectivity index (χ1n) is 5.26. The maximum Gasteiger partial charge on any atom is 0.137 e. The Hall–Kier alpha value is -0.120. The molecule has 1 atom stereocenters. The molecule has 1 rings (SSSR count). The van der Waals surface area contributed by atoms with E-state index >= 15 is 0 Å². The molecule has 0 radical (unpaired) electrons. The smallest absolute Gasteiger partial charge is 0.137 e. The third kappa shape index (κ3) is 4.40. The summed E-state index contributed by atoms with van der Waals surface area (Å²) < 4.78 is 13.8. The fraction of sp³-hybridized carbons (Fsp3) is 0.500. The molecule has 1 unspecified atom stereocenters. The van der Waals surface area contributed by atoms with E-state index in [9.17, 15) is 4.39 Å². The Bertz CT molecular complexity index is 344. The highest BCUT2D eigenvalue weighted by atomic mass is 79.9. The number of halogens is 3. The maximum atomic E-state index is 13.3. The molecular formula is C12H16BrClFN. The normalized spacial score (nSPS) is 13.1. The first-order chi connectivity index (χ1) is 7.50. The van der Waals surface area contributed by atoms with Crippen molar-refractivity contribution < 1.29 is 4.39 Å². The lowest BCUT2D eigenvalue weighted by molar-refractivity contribution is 0.320. The van der Waals surface area contributed by atoms with Crippen LogP contribution in [-0.4, -0.2) is 23.9 Å². The van der Waals surface area contributed by atoms with E-state index in [4.69, 9.17) is 11.6 Å². The molecule has 0 bridgehead atoms. The summed E-state index contributed by atoms with van der Waals surface area (Å²) in [6.07, 6.45) is 0.936. The number of nitrogens with zero attached hydrogens (tertiary/aromatic N) is 1. The van der Waals surface area contributed by atoms with Crippen LogP contribution in [-0.2, 0) is 6.54 Å². The summed E-state index contributed by atoms with van der Waals surface area (Å²) in [7, 11) is 2.01. The van der Waals surface area contributed by atoms with Crippen molar-refractivity contribution in [1.82, 2.24) is 4.90 Å². The van der Waals surface area contributed by atoms with Gasteiger partial charge in [-0.3, -0.25) is 0 Å². The number of alkyl halides is 1. The van der Waals surface area contributed by atoms with Crippen LogP contribution in [0.25, 0.3) is 0 Å². The van der Waals surface area contributed by atoms with E-state index < -0.39 is 0 Å². The summed E-state index contributed by atoms with van der Waals surface area (Å²) in [5, 5.41) is 0.179. The van der Waals surface area contributed by atoms with Gasteiger partial charge in [-0.1, -0.05) is 12.1 Å². The molecule has 0 amide bonds. The van der Waals surface area contributed by atoms with Crippen molar-refractivity contribution in [3.63, 3.8) is 0 Å². The van der Waals surface area contributed by atoms with Crippen LogP contribution in [0.1, 0.15) is 18.9 Å². The third-order valence-electron chi connectivity index (χ3n) is 2.38. The molecule has 0 N–H and O–H groups in total. The highest BCUT2D eigenvalue weighted by Gasteiger charge is 2.08. The summed E-state index contributed by atoms with van der Waals surface area (Å²) in [5.74, 6) is -0.211. The Balaban J connectivity index is 2.56. The summed E-state index contributed by atoms with van der Waals surface area (Å²) in [6.45, 7) is 3.61. The zero-order valence-corrected chi connectivity index (χ0v) is 11.9. The van der Waals surface area contributed by atoms with Crippen molar-refractivity contribution in [1.29, 1.82) is 0 Å². The lowest BCUT2D eigenvalue weighted by atomic mass is 10.2. The van der Waals surface area contributed by atoms with Gasteiger partial charge in [0.25, 0.3) is 0 Å². The van der Waals surface area contributed by atoms with Gasteiger partial charge in [-0.25, -0.2) is 4.39 Å². The van der Waals surface area contributed by atoms with Gasteiger partial charge in [-0.05, 0) is 54.5 Å². The topological polar surface area (TPSA) is 3.24 Å². The molecule has 1 aromatic carbocycles. The third-order valence-corrected chi connectivity index (χ3v) is 3.49. The fourth-order valence-electron chi connectivity index (χ4n) is 1.44. The van der Waals surface area contributed by atoms with Crippen molar-refractivity contribution in [3.8, 4) is 0 Å². The highest BCUT2D eigenvalue weighted by molar-refractivity contribution is 9.10. The van der Waals surface area contributed by atoms with Crippen molar-refractivity contribution >= 4 is 27.5 Å². The van der Waals surface area contributed by atoms with Gasteiger partial charge in [-0.15, -0.1) is 11.6 Å². The molecule has 4 heteroatoms. The summed E-state index contributed by atoms with van der Waals surface area (Å²) in [4.78, 5) is 2.14. The van der Waals surface area contributed by atoms with Crippen molar-refractivity contribution in [2.24, 2.45) is 0 Å². The fourth-order valence-corrected chi connectivity index (χ4v) is 1.93. The minimum absolute atomic E-state index is 0.179. The first-order valence-corrected chi connectivity index (χ1v) is 6.49. The van der Waals surface area contributed by atoms with E-state index in [0.717, 1.165) is 25.1 Å². The van der Waals surface area contributed by atoms with Crippen LogP contribution in [0, 0.1) is 5.82 Å². The second-order valence-electron chi connectivity index (χ2n) is 4.02. The standard InChI is InChI=1S/C12H16BrClFN/c1-9(14)6-7-16(2)8-10-4-3-5-11(15)12(10)13/h3-5,9H,6-8H2,1-2H3. The van der Waals surface area contributed by atoms with Gasteiger partial charge in [0, 0.05) is 11.9 Å². The Morgan fingerprint density at radius 1 is 1.50 bits per heavy atom. The van der Waals surface area contributed by atoms with Gasteiger partial charge in [0.1, 0.15) is 5.82 Å². The first kappa shape index (κ1) is 13.9. The second kappa shape index (κ2) is 6.58. The summed E-state index contributed by atoms with van der Waals surface area (Å²) in [6, 6.07) is 5.11. The molecule has 0 spiro atoms. The van der Waals surface area contributed by atoms with Gasteiger partial charge in [0.15, 0.2) is 0 Å². The summed E-state index contributed by atoms with van der Waals surface area (Å²) in [5.41, 5.74) is 0.963. The van der Waals surface area contributed by atoms with Crippen LogP contribution in [0.5, 0.6) is 0 Å². The molecule has 0 fully saturated rings. The maximum absolute atomic E-state index is 13.3. The predicted octanol–water partition coefficient (Wildman–Crippen LogP) is 4.04. The number of hydrogen-bond acceptors (Lipinski definition) is 1. The molecule has 90 valence electrons. The Labute approximate surface area is 110 Å². The van der Waals surface area contributed by atoms with E-state index in [2.05, 4.69) is 20.8 Å². The number of benzene rings is 1. The average molecular weight is 309 g/mol. The van der Waals surface area contributed by atoms with Crippen LogP contribution in [0.15, 0.2) is 22.7 Å². The van der Waals surface area contributed by atoms with E-state index in [0.29, 0.717) is 4.47 Å². The molecule has 0 aromatic heterocycles. The molecule has 0 saturated carbocycles. The minimum atomic E-state index is -0.211. The zero-order valence-electron chi connectivity index (χ0n) is 9.51. The molecule has 0 aliphatic carbocycles. The van der Waals surface area contributed by atoms with Gasteiger partial charge in [0.2, 0.25) is 0 Å². The van der Waals surface area contributed by atoms with Crippen molar-refractivity contribution in [2.75, 3.05) is 13.6 Å². The molecule has 0 heterocycles. The quantitative estimate of drug-likeness (QED) is 0.742. The Morgan fingerprint density at radius 3 is 2.81 bits per heavy atom. The van der Waals surface area contributed by atoms with E-state index in [-0.39, 0.29) is 11.2 Å². The molecule has 0 aliphatic heterocycles. The van der Waals surface area contributed by atoms with Crippen molar-refractivity contribution in [2.45, 2.75) is 25.3 Å². The molecule has 0 aliphatic rings. The summed E-state index contributed by atoms with van der Waals surface area (Å²) >= 11 is 9.15. The van der Waals surface area contributed by atoms with Gasteiger partial charge < -0.3 is 4.90 Å². The van der Waals surface area contributed by atoms with Crippen LogP contribution < -0.4 is 0 Å². The molecule has 0 saturated heterocycles. The SMILES string of the molecule is CC(Cl)CCN(C)Cc1cccc(F)c1Br. The van der Waals surface area contributed by atoms with Gasteiger partial charge >= 0.3 is 0 Å². The van der Waals surface area contributed by atoms with Crippen LogP contribution in [0.4, 0.5) is 4.39 Å². The van der Waals surface area contributed by atoms with Gasteiger partial charge in [-0.2, -0.15) is 0 Å². The Kier molecular flexibility index (Phi) is 5.73. The van der Waals surface area contributed by atoms with Crippen LogP contribution in [0.3, 0.4) is 0 Å².